The average Bonchev–Trinajstić information content (AvgIpc) is 1.94. The van der Waals surface area contributed by atoms with Crippen LogP contribution in [0.5, 0.6) is 0 Å². The molecule has 0 unspecified atom stereocenters. The van der Waals surface area contributed by atoms with E-state index in [1.165, 1.54) is 0 Å². The summed E-state index contributed by atoms with van der Waals surface area (Å²) in [5.74, 6) is 0. The van der Waals surface area contributed by atoms with Crippen LogP contribution in [0.2, 0.25) is 0 Å². The molecule has 1 heterocycles. The number of aromatic nitrogens is 2. The lowest BCUT2D eigenvalue weighted by atomic mass is 10.2. The van der Waals surface area contributed by atoms with E-state index >= 15 is 0 Å². The Hall–Kier alpha value is -0.960. The van der Waals surface area contributed by atoms with Gasteiger partial charge < -0.3 is 5.73 Å². The van der Waals surface area contributed by atoms with Crippen LogP contribution in [0.25, 0.3) is 0 Å². The minimum absolute atomic E-state index is 0.661. The zero-order valence-corrected chi connectivity index (χ0v) is 6.04. The Morgan fingerprint density at radius 3 is 3.00 bits per heavy atom. The maximum absolute atomic E-state index is 5.37. The second kappa shape index (κ2) is 3.27. The summed E-state index contributed by atoms with van der Waals surface area (Å²) in [5, 5.41) is 0. The molecule has 0 aromatic carbocycles. The average molecular weight is 137 g/mol. The Morgan fingerprint density at radius 2 is 2.40 bits per heavy atom. The number of hydrogen-bond donors (Lipinski definition) is 1. The van der Waals surface area contributed by atoms with Gasteiger partial charge in [-0.15, -0.1) is 0 Å². The molecular formula is C7H11N3. The van der Waals surface area contributed by atoms with Crippen LogP contribution in [0, 0.1) is 6.92 Å². The number of rotatable bonds is 2. The second-order valence-corrected chi connectivity index (χ2v) is 2.17. The van der Waals surface area contributed by atoms with Gasteiger partial charge in [0.25, 0.3) is 0 Å². The van der Waals surface area contributed by atoms with Gasteiger partial charge in [-0.3, -0.25) is 0 Å². The molecule has 0 saturated carbocycles. The van der Waals surface area contributed by atoms with Gasteiger partial charge in [-0.2, -0.15) is 0 Å². The highest BCUT2D eigenvalue weighted by Crippen LogP contribution is 2.00. The predicted octanol–water partition coefficient (Wildman–Crippen LogP) is 0.286. The van der Waals surface area contributed by atoms with Gasteiger partial charge in [0.15, 0.2) is 0 Å². The van der Waals surface area contributed by atoms with Crippen molar-refractivity contribution in [2.75, 3.05) is 6.54 Å². The zero-order chi connectivity index (χ0) is 7.40. The first-order chi connectivity index (χ1) is 4.84. The number of nitrogens with zero attached hydrogens (tertiary/aromatic N) is 2. The third kappa shape index (κ3) is 1.51. The van der Waals surface area contributed by atoms with E-state index in [4.69, 9.17) is 5.73 Å². The minimum atomic E-state index is 0.661. The third-order valence-electron chi connectivity index (χ3n) is 1.43. The summed E-state index contributed by atoms with van der Waals surface area (Å²) >= 11 is 0. The fourth-order valence-corrected chi connectivity index (χ4v) is 0.821. The van der Waals surface area contributed by atoms with Crippen molar-refractivity contribution >= 4 is 0 Å². The SMILES string of the molecule is Cc1ncncc1CCN. The molecule has 0 aliphatic rings. The first-order valence-electron chi connectivity index (χ1n) is 3.30. The Bertz CT molecular complexity index is 210. The molecule has 2 N–H and O–H groups in total. The van der Waals surface area contributed by atoms with E-state index in [2.05, 4.69) is 9.97 Å². The Balaban J connectivity index is 2.81. The summed E-state index contributed by atoms with van der Waals surface area (Å²) in [7, 11) is 0. The van der Waals surface area contributed by atoms with Crippen LogP contribution in [-0.2, 0) is 6.42 Å². The van der Waals surface area contributed by atoms with E-state index in [0.29, 0.717) is 6.54 Å². The lowest BCUT2D eigenvalue weighted by Crippen LogP contribution is -2.05. The first-order valence-corrected chi connectivity index (χ1v) is 3.30. The molecule has 54 valence electrons. The minimum Gasteiger partial charge on any atom is -0.330 e. The summed E-state index contributed by atoms with van der Waals surface area (Å²) in [6.45, 7) is 2.63. The van der Waals surface area contributed by atoms with Crippen LogP contribution in [-0.4, -0.2) is 16.5 Å². The van der Waals surface area contributed by atoms with Crippen molar-refractivity contribution in [2.45, 2.75) is 13.3 Å². The highest BCUT2D eigenvalue weighted by atomic mass is 14.8. The Labute approximate surface area is 60.3 Å². The predicted molar refractivity (Wildman–Crippen MR) is 39.5 cm³/mol. The topological polar surface area (TPSA) is 51.8 Å². The summed E-state index contributed by atoms with van der Waals surface area (Å²) in [6.07, 6.45) is 4.23. The molecule has 0 saturated heterocycles. The van der Waals surface area contributed by atoms with Crippen LogP contribution in [0.3, 0.4) is 0 Å². The lowest BCUT2D eigenvalue weighted by Gasteiger charge is -1.99. The standard InChI is InChI=1S/C7H11N3/c1-6-7(2-3-8)4-9-5-10-6/h4-5H,2-3,8H2,1H3. The number of aryl methyl sites for hydroxylation is 1. The van der Waals surface area contributed by atoms with E-state index in [1.807, 2.05) is 13.1 Å². The molecule has 1 aromatic heterocycles. The van der Waals surface area contributed by atoms with Crippen molar-refractivity contribution in [3.8, 4) is 0 Å². The van der Waals surface area contributed by atoms with Gasteiger partial charge in [-0.05, 0) is 25.5 Å². The Morgan fingerprint density at radius 1 is 1.60 bits per heavy atom. The zero-order valence-electron chi connectivity index (χ0n) is 6.04. The molecule has 0 aliphatic carbocycles. The molecule has 0 spiro atoms. The highest BCUT2D eigenvalue weighted by molar-refractivity contribution is 5.13. The van der Waals surface area contributed by atoms with Crippen molar-refractivity contribution in [1.82, 2.24) is 9.97 Å². The Kier molecular flexibility index (Phi) is 2.34. The molecule has 3 heteroatoms. The molecule has 0 radical (unpaired) electrons. The van der Waals surface area contributed by atoms with E-state index in [-0.39, 0.29) is 0 Å². The molecule has 1 rings (SSSR count). The van der Waals surface area contributed by atoms with Gasteiger partial charge in [-0.25, -0.2) is 9.97 Å². The monoisotopic (exact) mass is 137 g/mol. The lowest BCUT2D eigenvalue weighted by molar-refractivity contribution is 0.918. The molecule has 10 heavy (non-hydrogen) atoms. The van der Waals surface area contributed by atoms with Crippen LogP contribution < -0.4 is 5.73 Å². The summed E-state index contributed by atoms with van der Waals surface area (Å²) < 4.78 is 0. The van der Waals surface area contributed by atoms with Crippen molar-refractivity contribution in [3.63, 3.8) is 0 Å². The van der Waals surface area contributed by atoms with Crippen molar-refractivity contribution < 1.29 is 0 Å². The molecular weight excluding hydrogens is 126 g/mol. The van der Waals surface area contributed by atoms with Gasteiger partial charge in [0.2, 0.25) is 0 Å². The maximum atomic E-state index is 5.37. The van der Waals surface area contributed by atoms with Crippen LogP contribution in [0.15, 0.2) is 12.5 Å². The van der Waals surface area contributed by atoms with E-state index in [9.17, 15) is 0 Å². The smallest absolute Gasteiger partial charge is 0.115 e. The summed E-state index contributed by atoms with van der Waals surface area (Å²) in [4.78, 5) is 7.93. The molecule has 0 aliphatic heterocycles. The molecule has 3 nitrogen and oxygen atoms in total. The largest absolute Gasteiger partial charge is 0.330 e. The van der Waals surface area contributed by atoms with Crippen molar-refractivity contribution in [1.29, 1.82) is 0 Å². The van der Waals surface area contributed by atoms with E-state index < -0.39 is 0 Å². The molecule has 0 amide bonds. The van der Waals surface area contributed by atoms with Crippen molar-refractivity contribution in [3.05, 3.63) is 23.8 Å². The second-order valence-electron chi connectivity index (χ2n) is 2.17. The van der Waals surface area contributed by atoms with Gasteiger partial charge >= 0.3 is 0 Å². The van der Waals surface area contributed by atoms with Gasteiger partial charge in [0.1, 0.15) is 6.33 Å². The molecule has 0 bridgehead atoms. The van der Waals surface area contributed by atoms with Gasteiger partial charge in [-0.1, -0.05) is 0 Å². The molecule has 0 atom stereocenters. The third-order valence-corrected chi connectivity index (χ3v) is 1.43. The normalized spacial score (nSPS) is 9.80. The first kappa shape index (κ1) is 7.15. The van der Waals surface area contributed by atoms with Crippen LogP contribution in [0.1, 0.15) is 11.3 Å². The fourth-order valence-electron chi connectivity index (χ4n) is 0.821. The molecule has 0 fully saturated rings. The fraction of sp³-hybridized carbons (Fsp3) is 0.429. The van der Waals surface area contributed by atoms with Crippen molar-refractivity contribution in [2.24, 2.45) is 5.73 Å². The summed E-state index contributed by atoms with van der Waals surface area (Å²) in [5.41, 5.74) is 7.55. The van der Waals surface area contributed by atoms with Gasteiger partial charge in [0, 0.05) is 11.9 Å². The van der Waals surface area contributed by atoms with Gasteiger partial charge in [0.05, 0.1) is 0 Å². The maximum Gasteiger partial charge on any atom is 0.115 e. The van der Waals surface area contributed by atoms with E-state index in [1.54, 1.807) is 6.33 Å². The summed E-state index contributed by atoms with van der Waals surface area (Å²) in [6, 6.07) is 0. The van der Waals surface area contributed by atoms with Crippen LogP contribution in [0.4, 0.5) is 0 Å². The number of hydrogen-bond acceptors (Lipinski definition) is 3. The quantitative estimate of drug-likeness (QED) is 0.637. The highest BCUT2D eigenvalue weighted by Gasteiger charge is 1.95. The van der Waals surface area contributed by atoms with E-state index in [0.717, 1.165) is 17.7 Å². The molecule has 1 aromatic rings. The van der Waals surface area contributed by atoms with Crippen LogP contribution >= 0.6 is 0 Å². The number of nitrogens with two attached hydrogens (primary N) is 1.